The lowest BCUT2D eigenvalue weighted by Crippen LogP contribution is -2.30. The summed E-state index contributed by atoms with van der Waals surface area (Å²) < 4.78 is 13.1. The number of benzene rings is 2. The van der Waals surface area contributed by atoms with Crippen LogP contribution in [0.1, 0.15) is 28.9 Å². The molecule has 0 aliphatic carbocycles. The molecule has 1 aliphatic rings. The Morgan fingerprint density at radius 2 is 1.80 bits per heavy atom. The van der Waals surface area contributed by atoms with Crippen LogP contribution in [-0.2, 0) is 0 Å². The Labute approximate surface area is 146 Å². The lowest BCUT2D eigenvalue weighted by Gasteiger charge is -2.25. The number of nitrogens with one attached hydrogen (secondary N) is 1. The van der Waals surface area contributed by atoms with Gasteiger partial charge in [-0.1, -0.05) is 12.1 Å². The van der Waals surface area contributed by atoms with E-state index in [-0.39, 0.29) is 23.8 Å². The van der Waals surface area contributed by atoms with Crippen molar-refractivity contribution in [1.82, 2.24) is 10.2 Å². The monoisotopic (exact) mass is 341 g/mol. The first-order valence-electron chi connectivity index (χ1n) is 8.15. The highest BCUT2D eigenvalue weighted by Gasteiger charge is 2.22. The maximum absolute atomic E-state index is 13.1. The number of nitrogens with zero attached hydrogens (tertiary/aromatic N) is 2. The molecule has 5 nitrogen and oxygen atoms in total. The first-order valence-corrected chi connectivity index (χ1v) is 8.15. The van der Waals surface area contributed by atoms with Crippen molar-refractivity contribution >= 4 is 17.6 Å². The maximum Gasteiger partial charge on any atom is 0.321 e. The van der Waals surface area contributed by atoms with Crippen LogP contribution in [0.5, 0.6) is 0 Å². The molecule has 2 aromatic carbocycles. The van der Waals surface area contributed by atoms with Crippen LogP contribution < -0.4 is 10.2 Å². The Morgan fingerprint density at radius 3 is 2.36 bits per heavy atom. The van der Waals surface area contributed by atoms with E-state index < -0.39 is 0 Å². The van der Waals surface area contributed by atoms with Gasteiger partial charge >= 0.3 is 6.03 Å². The van der Waals surface area contributed by atoms with E-state index >= 15 is 0 Å². The Hall–Kier alpha value is -2.89. The van der Waals surface area contributed by atoms with Gasteiger partial charge in [-0.05, 0) is 48.9 Å². The minimum atomic E-state index is -0.300. The smallest absolute Gasteiger partial charge is 0.321 e. The molecule has 0 saturated carbocycles. The van der Waals surface area contributed by atoms with Crippen LogP contribution in [0.2, 0.25) is 0 Å². The molecule has 25 heavy (non-hydrogen) atoms. The number of amides is 3. The van der Waals surface area contributed by atoms with Crippen LogP contribution in [0, 0.1) is 5.82 Å². The molecule has 3 rings (SSSR count). The molecule has 3 amide bonds. The van der Waals surface area contributed by atoms with Gasteiger partial charge in [-0.3, -0.25) is 9.69 Å². The van der Waals surface area contributed by atoms with Gasteiger partial charge in [-0.25, -0.2) is 9.18 Å². The third-order valence-electron chi connectivity index (χ3n) is 4.54. The largest absolute Gasteiger partial charge is 0.336 e. The summed E-state index contributed by atoms with van der Waals surface area (Å²) in [7, 11) is 1.72. The van der Waals surface area contributed by atoms with Crippen molar-refractivity contribution < 1.29 is 14.0 Å². The zero-order chi connectivity index (χ0) is 18.0. The fourth-order valence-corrected chi connectivity index (χ4v) is 2.85. The standard InChI is InChI=1S/C19H20FN3O2/c1-13(14-3-7-16(20)8-4-14)22(2)18(24)15-5-9-17(10-6-15)23-12-11-21-19(23)25/h3-10,13H,11-12H2,1-2H3,(H,21,25). The fraction of sp³-hybridized carbons (Fsp3) is 0.263. The molecule has 1 heterocycles. The number of hydrogen-bond donors (Lipinski definition) is 1. The molecule has 1 aliphatic heterocycles. The van der Waals surface area contributed by atoms with Crippen molar-refractivity contribution in [2.75, 3.05) is 25.0 Å². The van der Waals surface area contributed by atoms with Gasteiger partial charge in [-0.15, -0.1) is 0 Å². The van der Waals surface area contributed by atoms with Gasteiger partial charge in [0.15, 0.2) is 0 Å². The van der Waals surface area contributed by atoms with Crippen LogP contribution in [-0.4, -0.2) is 37.0 Å². The van der Waals surface area contributed by atoms with E-state index in [2.05, 4.69) is 5.32 Å². The maximum atomic E-state index is 13.1. The van der Waals surface area contributed by atoms with Crippen LogP contribution >= 0.6 is 0 Å². The lowest BCUT2D eigenvalue weighted by molar-refractivity contribution is 0.0742. The van der Waals surface area contributed by atoms with E-state index in [1.54, 1.807) is 53.2 Å². The van der Waals surface area contributed by atoms with Crippen molar-refractivity contribution in [3.63, 3.8) is 0 Å². The number of halogens is 1. The number of rotatable bonds is 4. The van der Waals surface area contributed by atoms with E-state index in [1.165, 1.54) is 12.1 Å². The van der Waals surface area contributed by atoms with Crippen molar-refractivity contribution in [3.05, 3.63) is 65.5 Å². The Morgan fingerprint density at radius 1 is 1.16 bits per heavy atom. The minimum absolute atomic E-state index is 0.124. The van der Waals surface area contributed by atoms with Gasteiger partial charge in [0.2, 0.25) is 0 Å². The number of anilines is 1. The number of carbonyl (C=O) groups is 2. The normalized spacial score (nSPS) is 15.0. The van der Waals surface area contributed by atoms with Gasteiger partial charge in [0.25, 0.3) is 5.91 Å². The van der Waals surface area contributed by atoms with Gasteiger partial charge in [0, 0.05) is 31.4 Å². The zero-order valence-corrected chi connectivity index (χ0v) is 14.2. The molecule has 130 valence electrons. The predicted molar refractivity (Wildman–Crippen MR) is 94.1 cm³/mol. The van der Waals surface area contributed by atoms with Crippen LogP contribution in [0.25, 0.3) is 0 Å². The van der Waals surface area contributed by atoms with Gasteiger partial charge < -0.3 is 10.2 Å². The summed E-state index contributed by atoms with van der Waals surface area (Å²) in [4.78, 5) is 27.6. The highest BCUT2D eigenvalue weighted by Crippen LogP contribution is 2.23. The summed E-state index contributed by atoms with van der Waals surface area (Å²) in [5, 5.41) is 2.75. The molecule has 6 heteroatoms. The summed E-state index contributed by atoms with van der Waals surface area (Å²) in [5.74, 6) is -0.430. The van der Waals surface area contributed by atoms with Crippen molar-refractivity contribution in [3.8, 4) is 0 Å². The second-order valence-corrected chi connectivity index (χ2v) is 6.07. The summed E-state index contributed by atoms with van der Waals surface area (Å²) in [5.41, 5.74) is 2.17. The van der Waals surface area contributed by atoms with E-state index in [4.69, 9.17) is 0 Å². The molecule has 0 radical (unpaired) electrons. The first kappa shape index (κ1) is 17.0. The van der Waals surface area contributed by atoms with E-state index in [1.807, 2.05) is 6.92 Å². The van der Waals surface area contributed by atoms with Gasteiger partial charge in [0.05, 0.1) is 6.04 Å². The zero-order valence-electron chi connectivity index (χ0n) is 14.2. The Kier molecular flexibility index (Phi) is 4.70. The number of hydrogen-bond acceptors (Lipinski definition) is 2. The van der Waals surface area contributed by atoms with E-state index in [9.17, 15) is 14.0 Å². The van der Waals surface area contributed by atoms with Crippen molar-refractivity contribution in [1.29, 1.82) is 0 Å². The van der Waals surface area contributed by atoms with Gasteiger partial charge in [-0.2, -0.15) is 0 Å². The topological polar surface area (TPSA) is 52.7 Å². The van der Waals surface area contributed by atoms with Crippen LogP contribution in [0.3, 0.4) is 0 Å². The molecule has 1 N–H and O–H groups in total. The second kappa shape index (κ2) is 6.93. The predicted octanol–water partition coefficient (Wildman–Crippen LogP) is 3.19. The highest BCUT2D eigenvalue weighted by molar-refractivity contribution is 5.97. The lowest BCUT2D eigenvalue weighted by atomic mass is 10.1. The fourth-order valence-electron chi connectivity index (χ4n) is 2.85. The Balaban J connectivity index is 1.73. The Bertz CT molecular complexity index is 774. The molecular formula is C19H20FN3O2. The summed E-state index contributed by atoms with van der Waals surface area (Å²) >= 11 is 0. The third-order valence-corrected chi connectivity index (χ3v) is 4.54. The molecule has 1 saturated heterocycles. The summed E-state index contributed by atoms with van der Waals surface area (Å²) in [6.07, 6.45) is 0. The summed E-state index contributed by atoms with van der Waals surface area (Å²) in [6, 6.07) is 12.8. The molecular weight excluding hydrogens is 321 g/mol. The second-order valence-electron chi connectivity index (χ2n) is 6.07. The van der Waals surface area contributed by atoms with Gasteiger partial charge in [0.1, 0.15) is 5.82 Å². The average molecular weight is 341 g/mol. The van der Waals surface area contributed by atoms with Crippen LogP contribution in [0.4, 0.5) is 14.9 Å². The van der Waals surface area contributed by atoms with Crippen LogP contribution in [0.15, 0.2) is 48.5 Å². The SMILES string of the molecule is CC(c1ccc(F)cc1)N(C)C(=O)c1ccc(N2CCNC2=O)cc1. The highest BCUT2D eigenvalue weighted by atomic mass is 19.1. The van der Waals surface area contributed by atoms with E-state index in [0.29, 0.717) is 18.7 Å². The molecule has 2 aromatic rings. The summed E-state index contributed by atoms with van der Waals surface area (Å²) in [6.45, 7) is 3.14. The molecule has 1 unspecified atom stereocenters. The molecule has 1 fully saturated rings. The van der Waals surface area contributed by atoms with E-state index in [0.717, 1.165) is 11.3 Å². The molecule has 0 bridgehead atoms. The quantitative estimate of drug-likeness (QED) is 0.928. The average Bonchev–Trinajstić information content (AvgIpc) is 3.06. The molecule has 1 atom stereocenters. The van der Waals surface area contributed by atoms with Crippen molar-refractivity contribution in [2.24, 2.45) is 0 Å². The minimum Gasteiger partial charge on any atom is -0.336 e. The molecule has 0 spiro atoms. The number of carbonyl (C=O) groups excluding carboxylic acids is 2. The third kappa shape index (κ3) is 3.47. The number of urea groups is 1. The molecule has 0 aromatic heterocycles. The first-order chi connectivity index (χ1) is 12.0. The van der Waals surface area contributed by atoms with Crippen molar-refractivity contribution in [2.45, 2.75) is 13.0 Å².